The number of hydrogen-bond acceptors (Lipinski definition) is 4. The zero-order valence-corrected chi connectivity index (χ0v) is 8.41. The van der Waals surface area contributed by atoms with Gasteiger partial charge in [-0.2, -0.15) is 0 Å². The number of aliphatic hydroxyl groups excluding tert-OH is 2. The third kappa shape index (κ3) is 3.74. The van der Waals surface area contributed by atoms with E-state index in [1.807, 2.05) is 6.92 Å². The molecule has 4 heteroatoms. The average molecular weight is 190 g/mol. The molecule has 2 N–H and O–H groups in total. The fourth-order valence-corrected chi connectivity index (χ4v) is 0.687. The minimum Gasteiger partial charge on any atom is -0.464 e. The SMILES string of the molecule is CCCOC(=O)[C@H](O)C(C)(C)CO. The quantitative estimate of drug-likeness (QED) is 0.613. The molecular formula is C9H18O4. The molecule has 0 amide bonds. The second-order valence-electron chi connectivity index (χ2n) is 3.72. The van der Waals surface area contributed by atoms with Crippen molar-refractivity contribution >= 4 is 5.97 Å². The Morgan fingerprint density at radius 2 is 2.08 bits per heavy atom. The Morgan fingerprint density at radius 1 is 1.54 bits per heavy atom. The van der Waals surface area contributed by atoms with E-state index in [9.17, 15) is 9.90 Å². The summed E-state index contributed by atoms with van der Waals surface area (Å²) in [5, 5.41) is 18.3. The second kappa shape index (κ2) is 5.19. The lowest BCUT2D eigenvalue weighted by Crippen LogP contribution is -2.40. The highest BCUT2D eigenvalue weighted by Gasteiger charge is 2.33. The molecule has 0 rings (SSSR count). The van der Waals surface area contributed by atoms with Crippen molar-refractivity contribution < 1.29 is 19.7 Å². The van der Waals surface area contributed by atoms with Crippen molar-refractivity contribution in [2.75, 3.05) is 13.2 Å². The molecule has 0 aromatic carbocycles. The Labute approximate surface area is 78.5 Å². The normalized spacial score (nSPS) is 13.9. The highest BCUT2D eigenvalue weighted by molar-refractivity contribution is 5.75. The fraction of sp³-hybridized carbons (Fsp3) is 0.889. The van der Waals surface area contributed by atoms with E-state index >= 15 is 0 Å². The van der Waals surface area contributed by atoms with Crippen LogP contribution in [-0.2, 0) is 9.53 Å². The summed E-state index contributed by atoms with van der Waals surface area (Å²) in [6.07, 6.45) is -0.540. The maximum atomic E-state index is 11.1. The van der Waals surface area contributed by atoms with Gasteiger partial charge < -0.3 is 14.9 Å². The van der Waals surface area contributed by atoms with E-state index in [4.69, 9.17) is 9.84 Å². The Hall–Kier alpha value is -0.610. The zero-order valence-electron chi connectivity index (χ0n) is 8.41. The van der Waals surface area contributed by atoms with Gasteiger partial charge in [-0.3, -0.25) is 0 Å². The molecule has 0 spiro atoms. The molecule has 0 aromatic rings. The smallest absolute Gasteiger partial charge is 0.335 e. The summed E-state index contributed by atoms with van der Waals surface area (Å²) in [6.45, 7) is 5.12. The number of rotatable bonds is 5. The van der Waals surface area contributed by atoms with E-state index < -0.39 is 17.5 Å². The lowest BCUT2D eigenvalue weighted by molar-refractivity contribution is -0.161. The van der Waals surface area contributed by atoms with Crippen LogP contribution in [0.1, 0.15) is 27.2 Å². The average Bonchev–Trinajstić information content (AvgIpc) is 2.12. The standard InChI is InChI=1S/C9H18O4/c1-4-5-13-8(12)7(11)9(2,3)6-10/h7,10-11H,4-6H2,1-3H3/t7-/m0/s1. The van der Waals surface area contributed by atoms with Crippen LogP contribution in [0, 0.1) is 5.41 Å². The van der Waals surface area contributed by atoms with E-state index in [1.165, 1.54) is 0 Å². The van der Waals surface area contributed by atoms with Crippen molar-refractivity contribution in [3.8, 4) is 0 Å². The van der Waals surface area contributed by atoms with Crippen LogP contribution in [0.4, 0.5) is 0 Å². The molecular weight excluding hydrogens is 172 g/mol. The van der Waals surface area contributed by atoms with Crippen LogP contribution < -0.4 is 0 Å². The van der Waals surface area contributed by atoms with Gasteiger partial charge in [-0.1, -0.05) is 20.8 Å². The van der Waals surface area contributed by atoms with Crippen molar-refractivity contribution in [1.29, 1.82) is 0 Å². The molecule has 0 aliphatic rings. The van der Waals surface area contributed by atoms with E-state index in [-0.39, 0.29) is 6.61 Å². The summed E-state index contributed by atoms with van der Waals surface area (Å²) in [4.78, 5) is 11.1. The van der Waals surface area contributed by atoms with Gasteiger partial charge in [-0.15, -0.1) is 0 Å². The molecule has 0 saturated carbocycles. The number of aliphatic hydroxyl groups is 2. The number of ether oxygens (including phenoxy) is 1. The first-order chi connectivity index (χ1) is 5.95. The van der Waals surface area contributed by atoms with Gasteiger partial charge in [0.25, 0.3) is 0 Å². The summed E-state index contributed by atoms with van der Waals surface area (Å²) in [7, 11) is 0. The van der Waals surface area contributed by atoms with Gasteiger partial charge in [0, 0.05) is 5.41 Å². The summed E-state index contributed by atoms with van der Waals surface area (Å²) in [5.74, 6) is -0.666. The molecule has 0 aliphatic carbocycles. The maximum Gasteiger partial charge on any atom is 0.335 e. The number of carbonyl (C=O) groups excluding carboxylic acids is 1. The summed E-state index contributed by atoms with van der Waals surface area (Å²) in [5.41, 5.74) is -0.842. The fourth-order valence-electron chi connectivity index (χ4n) is 0.687. The van der Waals surface area contributed by atoms with Gasteiger partial charge in [0.1, 0.15) is 0 Å². The van der Waals surface area contributed by atoms with Crippen LogP contribution in [0.3, 0.4) is 0 Å². The molecule has 0 bridgehead atoms. The minimum absolute atomic E-state index is 0.255. The van der Waals surface area contributed by atoms with Gasteiger partial charge in [0.15, 0.2) is 6.10 Å². The Bertz CT molecular complexity index is 165. The highest BCUT2D eigenvalue weighted by Crippen LogP contribution is 2.20. The number of carbonyl (C=O) groups is 1. The van der Waals surface area contributed by atoms with Crippen molar-refractivity contribution in [1.82, 2.24) is 0 Å². The molecule has 0 aromatic heterocycles. The zero-order chi connectivity index (χ0) is 10.5. The summed E-state index contributed by atoms with van der Waals surface area (Å²) >= 11 is 0. The predicted molar refractivity (Wildman–Crippen MR) is 48.1 cm³/mol. The summed E-state index contributed by atoms with van der Waals surface area (Å²) < 4.78 is 4.74. The van der Waals surface area contributed by atoms with E-state index in [2.05, 4.69) is 0 Å². The minimum atomic E-state index is -1.26. The van der Waals surface area contributed by atoms with E-state index in [0.29, 0.717) is 6.61 Å². The Morgan fingerprint density at radius 3 is 2.46 bits per heavy atom. The predicted octanol–water partition coefficient (Wildman–Crippen LogP) is 0.319. The van der Waals surface area contributed by atoms with Crippen LogP contribution in [0.5, 0.6) is 0 Å². The molecule has 78 valence electrons. The number of esters is 1. The lowest BCUT2D eigenvalue weighted by atomic mass is 9.88. The molecule has 13 heavy (non-hydrogen) atoms. The molecule has 4 nitrogen and oxygen atoms in total. The van der Waals surface area contributed by atoms with Crippen LogP contribution in [0.15, 0.2) is 0 Å². The molecule has 1 atom stereocenters. The maximum absolute atomic E-state index is 11.1. The van der Waals surface area contributed by atoms with Gasteiger partial charge in [0.2, 0.25) is 0 Å². The van der Waals surface area contributed by atoms with E-state index in [0.717, 1.165) is 6.42 Å². The molecule has 0 unspecified atom stereocenters. The highest BCUT2D eigenvalue weighted by atomic mass is 16.5. The largest absolute Gasteiger partial charge is 0.464 e. The van der Waals surface area contributed by atoms with Crippen molar-refractivity contribution in [2.24, 2.45) is 5.41 Å². The molecule has 0 radical (unpaired) electrons. The van der Waals surface area contributed by atoms with Crippen LogP contribution in [0.25, 0.3) is 0 Å². The topological polar surface area (TPSA) is 66.8 Å². The van der Waals surface area contributed by atoms with E-state index in [1.54, 1.807) is 13.8 Å². The lowest BCUT2D eigenvalue weighted by Gasteiger charge is -2.26. The summed E-state index contributed by atoms with van der Waals surface area (Å²) in [6, 6.07) is 0. The third-order valence-electron chi connectivity index (χ3n) is 1.82. The first-order valence-electron chi connectivity index (χ1n) is 4.41. The molecule has 0 heterocycles. The monoisotopic (exact) mass is 190 g/mol. The van der Waals surface area contributed by atoms with Crippen molar-refractivity contribution in [2.45, 2.75) is 33.3 Å². The molecule has 0 saturated heterocycles. The number of hydrogen-bond donors (Lipinski definition) is 2. The molecule has 0 fully saturated rings. The first kappa shape index (κ1) is 12.4. The Kier molecular flexibility index (Phi) is 4.95. The van der Waals surface area contributed by atoms with Gasteiger partial charge in [-0.25, -0.2) is 4.79 Å². The van der Waals surface area contributed by atoms with Gasteiger partial charge in [-0.05, 0) is 6.42 Å². The van der Waals surface area contributed by atoms with Gasteiger partial charge >= 0.3 is 5.97 Å². The van der Waals surface area contributed by atoms with Crippen molar-refractivity contribution in [3.05, 3.63) is 0 Å². The Balaban J connectivity index is 4.09. The van der Waals surface area contributed by atoms with Crippen molar-refractivity contribution in [3.63, 3.8) is 0 Å². The molecule has 0 aliphatic heterocycles. The third-order valence-corrected chi connectivity index (χ3v) is 1.82. The first-order valence-corrected chi connectivity index (χ1v) is 4.41. The van der Waals surface area contributed by atoms with Gasteiger partial charge in [0.05, 0.1) is 13.2 Å². The second-order valence-corrected chi connectivity index (χ2v) is 3.72. The van der Waals surface area contributed by atoms with Crippen LogP contribution in [0.2, 0.25) is 0 Å². The van der Waals surface area contributed by atoms with Crippen LogP contribution >= 0.6 is 0 Å². The van der Waals surface area contributed by atoms with Crippen LogP contribution in [-0.4, -0.2) is 35.5 Å².